The van der Waals surface area contributed by atoms with Gasteiger partial charge in [-0.1, -0.05) is 39.0 Å². The monoisotopic (exact) mass is 497 g/mol. The lowest BCUT2D eigenvalue weighted by atomic mass is 9.85. The van der Waals surface area contributed by atoms with E-state index >= 15 is 0 Å². The van der Waals surface area contributed by atoms with Gasteiger partial charge in [0.1, 0.15) is 17.8 Å². The maximum absolute atomic E-state index is 14.9. The predicted octanol–water partition coefficient (Wildman–Crippen LogP) is 6.31. The summed E-state index contributed by atoms with van der Waals surface area (Å²) in [5, 5.41) is 7.07. The molecule has 3 N–H and O–H groups in total. The van der Waals surface area contributed by atoms with Crippen LogP contribution in [0, 0.1) is 19.7 Å². The smallest absolute Gasteiger partial charge is 0.255 e. The Kier molecular flexibility index (Phi) is 6.42. The van der Waals surface area contributed by atoms with E-state index in [2.05, 4.69) is 52.4 Å². The van der Waals surface area contributed by atoms with Crippen LogP contribution in [0.15, 0.2) is 48.8 Å². The molecule has 2 aromatic carbocycles. The van der Waals surface area contributed by atoms with E-state index in [1.54, 1.807) is 0 Å². The van der Waals surface area contributed by atoms with E-state index in [0.717, 1.165) is 47.3 Å². The van der Waals surface area contributed by atoms with E-state index in [0.29, 0.717) is 28.2 Å². The molecular weight excluding hydrogens is 465 g/mol. The fraction of sp³-hybridized carbons (Fsp3) is 0.300. The summed E-state index contributed by atoms with van der Waals surface area (Å²) in [4.78, 5) is 25.5. The van der Waals surface area contributed by atoms with Crippen LogP contribution in [-0.2, 0) is 5.41 Å². The van der Waals surface area contributed by atoms with E-state index in [9.17, 15) is 9.18 Å². The molecule has 7 heteroatoms. The molecule has 0 saturated carbocycles. The summed E-state index contributed by atoms with van der Waals surface area (Å²) in [7, 11) is 0. The Morgan fingerprint density at radius 3 is 2.59 bits per heavy atom. The van der Waals surface area contributed by atoms with Crippen molar-refractivity contribution in [2.24, 2.45) is 0 Å². The van der Waals surface area contributed by atoms with Gasteiger partial charge in [0.05, 0.1) is 5.69 Å². The zero-order valence-corrected chi connectivity index (χ0v) is 21.9. The van der Waals surface area contributed by atoms with Crippen LogP contribution >= 0.6 is 0 Å². The molecule has 1 amide bonds. The van der Waals surface area contributed by atoms with Crippen LogP contribution in [0.25, 0.3) is 27.9 Å². The minimum absolute atomic E-state index is 0.0147. The number of H-pyrrole nitrogens is 1. The number of halogens is 1. The summed E-state index contributed by atoms with van der Waals surface area (Å²) in [6.07, 6.45) is 4.57. The average Bonchev–Trinajstić information content (AvgIpc) is 3.30. The van der Waals surface area contributed by atoms with Gasteiger partial charge in [-0.05, 0) is 78.8 Å². The lowest BCUT2D eigenvalue weighted by Crippen LogP contribution is -2.20. The first-order valence-electron chi connectivity index (χ1n) is 12.6. The topological polar surface area (TPSA) is 82.7 Å². The number of nitrogens with zero attached hydrogens (tertiary/aromatic N) is 2. The molecule has 0 spiro atoms. The SMILES string of the molecule is Cc1cc(C(C)(C)C)ccc1C(=O)Nc1cc(F)cc(-c2ncnc3[nH]c(C4=CCNCC4)cc23)c1C. The van der Waals surface area contributed by atoms with Crippen LogP contribution in [0.2, 0.25) is 0 Å². The van der Waals surface area contributed by atoms with E-state index in [4.69, 9.17) is 0 Å². The van der Waals surface area contributed by atoms with Crippen molar-refractivity contribution in [3.05, 3.63) is 82.6 Å². The largest absolute Gasteiger partial charge is 0.339 e. The van der Waals surface area contributed by atoms with Crippen molar-refractivity contribution in [3.63, 3.8) is 0 Å². The second kappa shape index (κ2) is 9.56. The predicted molar refractivity (Wildman–Crippen MR) is 147 cm³/mol. The second-order valence-corrected chi connectivity index (χ2v) is 10.7. The molecule has 0 atom stereocenters. The Hall–Kier alpha value is -3.84. The first-order chi connectivity index (χ1) is 17.6. The summed E-state index contributed by atoms with van der Waals surface area (Å²) < 4.78 is 14.9. The first-order valence-corrected chi connectivity index (χ1v) is 12.6. The highest BCUT2D eigenvalue weighted by Gasteiger charge is 2.20. The Bertz CT molecular complexity index is 1540. The van der Waals surface area contributed by atoms with Gasteiger partial charge in [-0.3, -0.25) is 4.79 Å². The van der Waals surface area contributed by atoms with Crippen LogP contribution in [0.3, 0.4) is 0 Å². The summed E-state index contributed by atoms with van der Waals surface area (Å²) >= 11 is 0. The fourth-order valence-corrected chi connectivity index (χ4v) is 4.82. The van der Waals surface area contributed by atoms with E-state index in [1.807, 2.05) is 38.1 Å². The van der Waals surface area contributed by atoms with Crippen molar-refractivity contribution < 1.29 is 9.18 Å². The van der Waals surface area contributed by atoms with Crippen LogP contribution in [0.1, 0.15) is 59.9 Å². The summed E-state index contributed by atoms with van der Waals surface area (Å²) in [5.74, 6) is -0.716. The number of rotatable bonds is 4. The zero-order chi connectivity index (χ0) is 26.3. The lowest BCUT2D eigenvalue weighted by molar-refractivity contribution is 0.102. The van der Waals surface area contributed by atoms with E-state index in [-0.39, 0.29) is 11.3 Å². The van der Waals surface area contributed by atoms with Crippen LogP contribution in [-0.4, -0.2) is 33.9 Å². The molecule has 5 rings (SSSR count). The summed E-state index contributed by atoms with van der Waals surface area (Å²) in [5.41, 5.74) is 7.90. The molecule has 37 heavy (non-hydrogen) atoms. The molecular formula is C30H32FN5O. The highest BCUT2D eigenvalue weighted by molar-refractivity contribution is 6.06. The number of hydrogen-bond donors (Lipinski definition) is 3. The maximum atomic E-state index is 14.9. The molecule has 0 radical (unpaired) electrons. The van der Waals surface area contributed by atoms with Gasteiger partial charge in [-0.15, -0.1) is 0 Å². The zero-order valence-electron chi connectivity index (χ0n) is 21.9. The van der Waals surface area contributed by atoms with Crippen molar-refractivity contribution in [2.45, 2.75) is 46.5 Å². The number of carbonyl (C=O) groups excluding carboxylic acids is 1. The molecule has 0 bridgehead atoms. The molecule has 4 aromatic rings. The van der Waals surface area contributed by atoms with Gasteiger partial charge in [-0.25, -0.2) is 14.4 Å². The van der Waals surface area contributed by atoms with Gasteiger partial charge in [0.2, 0.25) is 0 Å². The van der Waals surface area contributed by atoms with Crippen molar-refractivity contribution in [3.8, 4) is 11.3 Å². The Balaban J connectivity index is 1.51. The highest BCUT2D eigenvalue weighted by Crippen LogP contribution is 2.35. The van der Waals surface area contributed by atoms with Crippen molar-refractivity contribution in [2.75, 3.05) is 18.4 Å². The number of hydrogen-bond acceptors (Lipinski definition) is 4. The number of aryl methyl sites for hydroxylation is 1. The number of benzene rings is 2. The van der Waals surface area contributed by atoms with E-state index < -0.39 is 5.82 Å². The summed E-state index contributed by atoms with van der Waals surface area (Å²) in [6.45, 7) is 12.0. The number of aromatic amines is 1. The molecule has 190 valence electrons. The molecule has 3 heterocycles. The molecule has 0 fully saturated rings. The molecule has 0 aliphatic carbocycles. The first kappa shape index (κ1) is 24.8. The third-order valence-electron chi connectivity index (χ3n) is 7.05. The minimum Gasteiger partial charge on any atom is -0.339 e. The van der Waals surface area contributed by atoms with Gasteiger partial charge >= 0.3 is 0 Å². The number of fused-ring (bicyclic) bond motifs is 1. The Morgan fingerprint density at radius 1 is 1.08 bits per heavy atom. The molecule has 0 saturated heterocycles. The van der Waals surface area contributed by atoms with Crippen molar-refractivity contribution in [1.29, 1.82) is 0 Å². The number of nitrogens with one attached hydrogen (secondary N) is 3. The minimum atomic E-state index is -0.445. The van der Waals surface area contributed by atoms with Crippen LogP contribution in [0.4, 0.5) is 10.1 Å². The van der Waals surface area contributed by atoms with Gasteiger partial charge in [-0.2, -0.15) is 0 Å². The Labute approximate surface area is 216 Å². The van der Waals surface area contributed by atoms with Gasteiger partial charge in [0.15, 0.2) is 0 Å². The molecule has 1 aliphatic rings. The fourth-order valence-electron chi connectivity index (χ4n) is 4.82. The molecule has 2 aromatic heterocycles. The van der Waals surface area contributed by atoms with Crippen molar-refractivity contribution >= 4 is 28.2 Å². The number of amides is 1. The Morgan fingerprint density at radius 2 is 1.89 bits per heavy atom. The molecule has 0 unspecified atom stereocenters. The third kappa shape index (κ3) is 4.91. The molecule has 6 nitrogen and oxygen atoms in total. The highest BCUT2D eigenvalue weighted by atomic mass is 19.1. The van der Waals surface area contributed by atoms with Gasteiger partial charge in [0.25, 0.3) is 5.91 Å². The van der Waals surface area contributed by atoms with Crippen LogP contribution in [0.5, 0.6) is 0 Å². The number of aromatic nitrogens is 3. The number of carbonyl (C=O) groups is 1. The average molecular weight is 498 g/mol. The van der Waals surface area contributed by atoms with Crippen LogP contribution < -0.4 is 10.6 Å². The normalized spacial score (nSPS) is 14.1. The quantitative estimate of drug-likeness (QED) is 0.309. The van der Waals surface area contributed by atoms with Crippen molar-refractivity contribution in [1.82, 2.24) is 20.3 Å². The lowest BCUT2D eigenvalue weighted by Gasteiger charge is -2.20. The summed E-state index contributed by atoms with van der Waals surface area (Å²) in [6, 6.07) is 10.7. The maximum Gasteiger partial charge on any atom is 0.255 e. The van der Waals surface area contributed by atoms with Gasteiger partial charge in [0, 0.05) is 34.4 Å². The second-order valence-electron chi connectivity index (χ2n) is 10.7. The molecule has 1 aliphatic heterocycles. The van der Waals surface area contributed by atoms with Gasteiger partial charge < -0.3 is 15.6 Å². The van der Waals surface area contributed by atoms with E-state index in [1.165, 1.54) is 24.0 Å². The number of anilines is 1. The third-order valence-corrected chi connectivity index (χ3v) is 7.05. The standard InChI is InChI=1S/C30H32FN5O/c1-17-12-20(30(3,4)5)6-7-22(17)29(37)36-25-14-21(31)13-23(18(25)2)27-24-15-26(19-8-10-32-11-9-19)35-28(24)34-16-33-27/h6-8,12-16,32H,9-11H2,1-5H3,(H,36,37)(H,33,34,35).